The number of pyridine rings is 1. The lowest BCUT2D eigenvalue weighted by molar-refractivity contribution is -0.0493. The Morgan fingerprint density at radius 1 is 1.06 bits per heavy atom. The molecule has 172 valence electrons. The molecule has 0 aliphatic carbocycles. The van der Waals surface area contributed by atoms with E-state index in [-0.39, 0.29) is 6.29 Å². The molecule has 0 atom stereocenters. The molecular formula is C27H26N4O3. The van der Waals surface area contributed by atoms with Crippen molar-refractivity contribution in [2.24, 2.45) is 0 Å². The van der Waals surface area contributed by atoms with Crippen LogP contribution in [0.3, 0.4) is 0 Å². The van der Waals surface area contributed by atoms with Crippen LogP contribution in [0.4, 0.5) is 5.69 Å². The van der Waals surface area contributed by atoms with E-state index >= 15 is 0 Å². The van der Waals surface area contributed by atoms with Gasteiger partial charge in [0.2, 0.25) is 5.88 Å². The lowest BCUT2D eigenvalue weighted by atomic mass is 10.2. The van der Waals surface area contributed by atoms with Crippen molar-refractivity contribution in [1.29, 1.82) is 5.26 Å². The highest BCUT2D eigenvalue weighted by molar-refractivity contribution is 5.84. The molecule has 0 saturated carbocycles. The van der Waals surface area contributed by atoms with Crippen molar-refractivity contribution in [2.75, 3.05) is 25.1 Å². The average molecular weight is 455 g/mol. The fraction of sp³-hybridized carbons (Fsp3) is 0.259. The molecular weight excluding hydrogens is 428 g/mol. The lowest BCUT2D eigenvalue weighted by Gasteiger charge is -2.11. The highest BCUT2D eigenvalue weighted by Gasteiger charge is 2.15. The lowest BCUT2D eigenvalue weighted by Crippen LogP contribution is -2.10. The number of nitrogens with zero attached hydrogens (tertiary/aromatic N) is 3. The summed E-state index contributed by atoms with van der Waals surface area (Å²) < 4.78 is 18.5. The van der Waals surface area contributed by atoms with Gasteiger partial charge in [0.1, 0.15) is 11.8 Å². The Bertz CT molecular complexity index is 1270. The van der Waals surface area contributed by atoms with Gasteiger partial charge in [-0.3, -0.25) is 0 Å². The Hall–Kier alpha value is -3.86. The zero-order valence-electron chi connectivity index (χ0n) is 18.8. The van der Waals surface area contributed by atoms with Crippen LogP contribution in [-0.2, 0) is 16.0 Å². The van der Waals surface area contributed by atoms with E-state index in [1.165, 1.54) is 0 Å². The predicted octanol–water partition coefficient (Wildman–Crippen LogP) is 5.04. The second-order valence-electron chi connectivity index (χ2n) is 8.10. The third-order valence-electron chi connectivity index (χ3n) is 5.77. The summed E-state index contributed by atoms with van der Waals surface area (Å²) in [4.78, 5) is 4.40. The van der Waals surface area contributed by atoms with Crippen molar-refractivity contribution in [3.05, 3.63) is 84.2 Å². The second-order valence-corrected chi connectivity index (χ2v) is 8.10. The minimum atomic E-state index is -0.0879. The molecule has 1 saturated heterocycles. The van der Waals surface area contributed by atoms with Gasteiger partial charge in [0.25, 0.3) is 0 Å². The molecule has 0 spiro atoms. The summed E-state index contributed by atoms with van der Waals surface area (Å²) in [6.45, 7) is 2.60. The summed E-state index contributed by atoms with van der Waals surface area (Å²) >= 11 is 0. The number of hydrogen-bond acceptors (Lipinski definition) is 6. The van der Waals surface area contributed by atoms with Crippen LogP contribution in [0, 0.1) is 11.3 Å². The van der Waals surface area contributed by atoms with E-state index in [1.807, 2.05) is 77.5 Å². The number of fused-ring (bicyclic) bond motifs is 1. The fourth-order valence-electron chi connectivity index (χ4n) is 4.05. The summed E-state index contributed by atoms with van der Waals surface area (Å²) in [5.41, 5.74) is 4.66. The molecule has 1 N–H and O–H groups in total. The van der Waals surface area contributed by atoms with Gasteiger partial charge in [0.15, 0.2) is 6.29 Å². The van der Waals surface area contributed by atoms with Crippen molar-refractivity contribution in [1.82, 2.24) is 9.55 Å². The number of ether oxygens (including phenoxy) is 3. The normalized spacial score (nSPS) is 13.7. The quantitative estimate of drug-likeness (QED) is 0.357. The maximum atomic E-state index is 9.56. The molecule has 4 aromatic rings. The molecule has 1 aliphatic rings. The van der Waals surface area contributed by atoms with Gasteiger partial charge in [-0.2, -0.15) is 5.26 Å². The maximum absolute atomic E-state index is 9.56. The summed E-state index contributed by atoms with van der Waals surface area (Å²) in [5.74, 6) is 0.619. The second kappa shape index (κ2) is 10.4. The number of anilines is 1. The minimum Gasteiger partial charge on any atom is -0.478 e. The number of hydrogen-bond donors (Lipinski definition) is 1. The summed E-state index contributed by atoms with van der Waals surface area (Å²) in [6.07, 6.45) is 3.43. The number of nitriles is 1. The van der Waals surface area contributed by atoms with E-state index in [0.29, 0.717) is 37.9 Å². The average Bonchev–Trinajstić information content (AvgIpc) is 3.54. The van der Waals surface area contributed by atoms with Crippen molar-refractivity contribution in [2.45, 2.75) is 25.7 Å². The first-order valence-electron chi connectivity index (χ1n) is 11.5. The van der Waals surface area contributed by atoms with Gasteiger partial charge >= 0.3 is 0 Å². The van der Waals surface area contributed by atoms with Crippen LogP contribution in [0.1, 0.15) is 24.1 Å². The summed E-state index contributed by atoms with van der Waals surface area (Å²) in [5, 5.41) is 14.0. The Balaban J connectivity index is 1.14. The zero-order valence-corrected chi connectivity index (χ0v) is 18.8. The third-order valence-corrected chi connectivity index (χ3v) is 5.77. The van der Waals surface area contributed by atoms with Crippen LogP contribution in [-0.4, -0.2) is 35.7 Å². The molecule has 1 aliphatic heterocycles. The number of aromatic nitrogens is 2. The van der Waals surface area contributed by atoms with E-state index in [0.717, 1.165) is 40.7 Å². The smallest absolute Gasteiger partial charge is 0.213 e. The molecule has 0 radical (unpaired) electrons. The van der Waals surface area contributed by atoms with Crippen molar-refractivity contribution >= 4 is 16.6 Å². The van der Waals surface area contributed by atoms with Gasteiger partial charge in [-0.15, -0.1) is 0 Å². The SMILES string of the molecule is N#Cc1cc2ccccc2n1-c1ccc(NCc2ccc(OCCCC3OCCO3)nc2)cc1. The maximum Gasteiger partial charge on any atom is 0.213 e. The van der Waals surface area contributed by atoms with Gasteiger partial charge in [0.05, 0.1) is 25.3 Å². The Morgan fingerprint density at radius 3 is 2.65 bits per heavy atom. The highest BCUT2D eigenvalue weighted by Crippen LogP contribution is 2.25. The highest BCUT2D eigenvalue weighted by atomic mass is 16.7. The first-order valence-corrected chi connectivity index (χ1v) is 11.5. The Morgan fingerprint density at radius 2 is 1.88 bits per heavy atom. The first kappa shape index (κ1) is 22.0. The van der Waals surface area contributed by atoms with E-state index in [4.69, 9.17) is 14.2 Å². The van der Waals surface area contributed by atoms with Crippen LogP contribution in [0.5, 0.6) is 5.88 Å². The molecule has 0 amide bonds. The standard InChI is InChI=1S/C27H26N4O3/c28-17-24-16-21-4-1-2-5-25(21)31(24)23-10-8-22(9-11-23)29-18-20-7-12-26(30-19-20)32-13-3-6-27-33-14-15-34-27/h1-2,4-5,7-12,16,19,27,29H,3,6,13-15,18H2. The Labute approximate surface area is 198 Å². The number of rotatable bonds is 9. The van der Waals surface area contributed by atoms with Crippen LogP contribution in [0.25, 0.3) is 16.6 Å². The van der Waals surface area contributed by atoms with Gasteiger partial charge in [-0.25, -0.2) is 4.98 Å². The first-order chi connectivity index (χ1) is 16.8. The number of para-hydroxylation sites is 1. The van der Waals surface area contributed by atoms with Gasteiger partial charge in [0, 0.05) is 42.0 Å². The van der Waals surface area contributed by atoms with E-state index < -0.39 is 0 Å². The summed E-state index contributed by atoms with van der Waals surface area (Å²) in [6, 6.07) is 24.2. The molecule has 7 nitrogen and oxygen atoms in total. The van der Waals surface area contributed by atoms with Crippen LogP contribution in [0.2, 0.25) is 0 Å². The molecule has 5 rings (SSSR count). The van der Waals surface area contributed by atoms with E-state index in [1.54, 1.807) is 0 Å². The number of nitrogens with one attached hydrogen (secondary N) is 1. The summed E-state index contributed by atoms with van der Waals surface area (Å²) in [7, 11) is 0. The number of benzene rings is 2. The topological polar surface area (TPSA) is 81.3 Å². The van der Waals surface area contributed by atoms with Crippen LogP contribution >= 0.6 is 0 Å². The largest absolute Gasteiger partial charge is 0.478 e. The van der Waals surface area contributed by atoms with Crippen molar-refractivity contribution in [3.8, 4) is 17.6 Å². The molecule has 0 unspecified atom stereocenters. The molecule has 1 fully saturated rings. The van der Waals surface area contributed by atoms with Crippen LogP contribution in [0.15, 0.2) is 72.9 Å². The van der Waals surface area contributed by atoms with Crippen molar-refractivity contribution in [3.63, 3.8) is 0 Å². The van der Waals surface area contributed by atoms with Gasteiger partial charge in [-0.1, -0.05) is 24.3 Å². The molecule has 2 aromatic heterocycles. The van der Waals surface area contributed by atoms with Gasteiger partial charge in [-0.05, 0) is 48.4 Å². The molecule has 3 heterocycles. The third kappa shape index (κ3) is 5.04. The van der Waals surface area contributed by atoms with E-state index in [9.17, 15) is 5.26 Å². The Kier molecular flexibility index (Phi) is 6.71. The van der Waals surface area contributed by atoms with Crippen LogP contribution < -0.4 is 10.1 Å². The van der Waals surface area contributed by atoms with E-state index in [2.05, 4.69) is 16.4 Å². The molecule has 2 aromatic carbocycles. The van der Waals surface area contributed by atoms with Crippen molar-refractivity contribution < 1.29 is 14.2 Å². The fourth-order valence-corrected chi connectivity index (χ4v) is 4.05. The monoisotopic (exact) mass is 454 g/mol. The molecule has 0 bridgehead atoms. The van der Waals surface area contributed by atoms with Gasteiger partial charge < -0.3 is 24.1 Å². The zero-order chi connectivity index (χ0) is 23.2. The molecule has 34 heavy (non-hydrogen) atoms. The molecule has 7 heteroatoms. The minimum absolute atomic E-state index is 0.0879. The predicted molar refractivity (Wildman–Crippen MR) is 130 cm³/mol.